The Balaban J connectivity index is 1.39. The number of carbonyl (C=O) groups excluding carboxylic acids is 2. The Kier molecular flexibility index (Phi) is 10.6. The fraction of sp³-hybridized carbons (Fsp3) is 0.571. The van der Waals surface area contributed by atoms with Crippen molar-refractivity contribution in [3.63, 3.8) is 0 Å². The van der Waals surface area contributed by atoms with Crippen LogP contribution in [0.2, 0.25) is 0 Å². The molecule has 2 aliphatic rings. The van der Waals surface area contributed by atoms with Crippen molar-refractivity contribution in [1.82, 2.24) is 15.0 Å². The largest absolute Gasteiger partial charge is 0.574 e. The number of esters is 1. The van der Waals surface area contributed by atoms with Gasteiger partial charge < -0.3 is 28.6 Å². The number of nitrogens with one attached hydrogen (secondary N) is 2. The third-order valence-electron chi connectivity index (χ3n) is 6.84. The van der Waals surface area contributed by atoms with Gasteiger partial charge in [0.25, 0.3) is 5.56 Å². The molecule has 2 heterocycles. The first-order valence-corrected chi connectivity index (χ1v) is 15.4. The van der Waals surface area contributed by atoms with E-state index >= 15 is 4.39 Å². The second kappa shape index (κ2) is 14.1. The molecule has 1 aliphatic carbocycles. The molecule has 6 atom stereocenters. The average molecular weight is 655 g/mol. The first-order valence-electron chi connectivity index (χ1n) is 14.2. The van der Waals surface area contributed by atoms with Gasteiger partial charge in [0.05, 0.1) is 0 Å². The van der Waals surface area contributed by atoms with Crippen LogP contribution >= 0.6 is 8.17 Å². The third kappa shape index (κ3) is 9.10. The Morgan fingerprint density at radius 3 is 2.47 bits per heavy atom. The normalized spacial score (nSPS) is 24.3. The summed E-state index contributed by atoms with van der Waals surface area (Å²) in [6, 6.07) is 6.05. The minimum atomic E-state index is -2.57. The predicted molar refractivity (Wildman–Crippen MR) is 154 cm³/mol. The van der Waals surface area contributed by atoms with Gasteiger partial charge >= 0.3 is 26.0 Å². The topological polar surface area (TPSA) is 192 Å². The highest BCUT2D eigenvalue weighted by Crippen LogP contribution is 2.43. The first-order chi connectivity index (χ1) is 21.1. The number of alkyl halides is 1. The summed E-state index contributed by atoms with van der Waals surface area (Å²) in [7, 11) is -2.57. The number of nitrogens with zero attached hydrogens (tertiary/aromatic N) is 2. The summed E-state index contributed by atoms with van der Waals surface area (Å²) in [4.78, 5) is 66.4. The van der Waals surface area contributed by atoms with E-state index in [1.54, 1.807) is 20.8 Å². The summed E-state index contributed by atoms with van der Waals surface area (Å²) in [6.45, 7) is 7.13. The molecule has 0 bridgehead atoms. The van der Waals surface area contributed by atoms with E-state index in [1.165, 1.54) is 31.2 Å². The van der Waals surface area contributed by atoms with E-state index in [-0.39, 0.29) is 24.2 Å². The minimum Gasteiger partial charge on any atom is -0.574 e. The minimum absolute atomic E-state index is 0.0840. The van der Waals surface area contributed by atoms with E-state index in [0.717, 1.165) is 43.0 Å². The highest BCUT2D eigenvalue weighted by Gasteiger charge is 2.59. The first kappa shape index (κ1) is 34.0. The number of H-pyrrole nitrogens is 1. The van der Waals surface area contributed by atoms with Crippen LogP contribution in [0.4, 0.5) is 9.18 Å². The molecular weight excluding hydrogens is 618 g/mol. The van der Waals surface area contributed by atoms with Gasteiger partial charge in [-0.25, -0.2) is 14.0 Å². The maximum Gasteiger partial charge on any atom is 0.509 e. The molecular formula is C28H36FN4O11P. The van der Waals surface area contributed by atoms with Gasteiger partial charge in [0.15, 0.2) is 23.8 Å². The summed E-state index contributed by atoms with van der Waals surface area (Å²) in [5.74, 6) is -0.0517. The molecule has 1 unspecified atom stereocenters. The Hall–Kier alpha value is -3.85. The lowest BCUT2D eigenvalue weighted by Gasteiger charge is -2.28. The maximum absolute atomic E-state index is 16.2. The van der Waals surface area contributed by atoms with Crippen molar-refractivity contribution in [1.29, 1.82) is 0 Å². The van der Waals surface area contributed by atoms with Crippen molar-refractivity contribution < 1.29 is 47.1 Å². The summed E-state index contributed by atoms with van der Waals surface area (Å²) < 4.78 is 49.7. The molecule has 1 aliphatic heterocycles. The number of aromatic amines is 1. The van der Waals surface area contributed by atoms with E-state index in [4.69, 9.17) is 28.2 Å². The number of carbonyl (C=O) groups is 2. The van der Waals surface area contributed by atoms with Crippen LogP contribution in [0.3, 0.4) is 0 Å². The molecule has 0 spiro atoms. The third-order valence-corrected chi connectivity index (χ3v) is 7.49. The molecule has 2 N–H and O–H groups in total. The quantitative estimate of drug-likeness (QED) is 0.205. The lowest BCUT2D eigenvalue weighted by atomic mass is 9.96. The van der Waals surface area contributed by atoms with Gasteiger partial charge in [-0.05, 0) is 78.1 Å². The Morgan fingerprint density at radius 2 is 1.87 bits per heavy atom. The van der Waals surface area contributed by atoms with Crippen LogP contribution in [-0.4, -0.2) is 63.9 Å². The van der Waals surface area contributed by atoms with Gasteiger partial charge in [-0.3, -0.25) is 23.7 Å². The molecule has 1 saturated carbocycles. The van der Waals surface area contributed by atoms with E-state index < -0.39 is 67.3 Å². The zero-order valence-electron chi connectivity index (χ0n) is 25.4. The van der Waals surface area contributed by atoms with E-state index in [1.807, 2.05) is 4.98 Å². The van der Waals surface area contributed by atoms with Crippen molar-refractivity contribution >= 4 is 20.3 Å². The Bertz CT molecular complexity index is 1500. The standard InChI is InChI=1S/C28H36FN4O11P/c1-16(23(35)40-18-7-6-8-18)31-32-45(38)44-19-11-9-17(10-12-19)39-15-20-22(42-26(37)43-27(2,3)4)28(5,29)24(41-20)33-14-13-21(34)30-25(33)36/h9-14,16,18,20,22,24,31H,6-8,15H2,1-5H3,(H,30,34,36)/t16-,20+,22+,24+,28+/m0/s1. The average Bonchev–Trinajstić information content (AvgIpc) is 3.16. The zero-order chi connectivity index (χ0) is 32.9. The van der Waals surface area contributed by atoms with Gasteiger partial charge in [-0.2, -0.15) is 5.43 Å². The molecule has 0 amide bonds. The zero-order valence-corrected chi connectivity index (χ0v) is 26.3. The number of hydrogen-bond acceptors (Lipinski definition) is 12. The molecule has 2 aromatic rings. The lowest BCUT2D eigenvalue weighted by Crippen LogP contribution is -2.46. The highest BCUT2D eigenvalue weighted by molar-refractivity contribution is 7.33. The van der Waals surface area contributed by atoms with Crippen molar-refractivity contribution in [3.05, 3.63) is 57.4 Å². The number of ether oxygens (including phenoxy) is 5. The van der Waals surface area contributed by atoms with Crippen LogP contribution in [0.15, 0.2) is 51.0 Å². The number of rotatable bonds is 11. The summed E-state index contributed by atoms with van der Waals surface area (Å²) in [5.41, 5.74) is -2.53. The van der Waals surface area contributed by atoms with Crippen molar-refractivity contribution in [2.24, 2.45) is 4.85 Å². The maximum atomic E-state index is 16.2. The summed E-state index contributed by atoms with van der Waals surface area (Å²) in [5, 5.41) is 0. The molecule has 0 radical (unpaired) electrons. The van der Waals surface area contributed by atoms with Gasteiger partial charge in [0, 0.05) is 17.1 Å². The molecule has 2 fully saturated rings. The molecule has 246 valence electrons. The molecule has 17 heteroatoms. The number of benzene rings is 1. The molecule has 4 rings (SSSR count). The molecule has 1 aromatic carbocycles. The van der Waals surface area contributed by atoms with Crippen LogP contribution in [-0.2, 0) is 23.7 Å². The lowest BCUT2D eigenvalue weighted by molar-refractivity contribution is -0.169. The van der Waals surface area contributed by atoms with E-state index in [9.17, 15) is 24.1 Å². The molecule has 1 aromatic heterocycles. The van der Waals surface area contributed by atoms with Gasteiger partial charge in [0.2, 0.25) is 0 Å². The van der Waals surface area contributed by atoms with Crippen molar-refractivity contribution in [2.75, 3.05) is 6.61 Å². The van der Waals surface area contributed by atoms with Crippen LogP contribution < -0.4 is 30.8 Å². The fourth-order valence-corrected chi connectivity index (χ4v) is 4.96. The monoisotopic (exact) mass is 654 g/mol. The molecule has 1 saturated heterocycles. The van der Waals surface area contributed by atoms with Crippen LogP contribution in [0, 0.1) is 0 Å². The highest BCUT2D eigenvalue weighted by atomic mass is 31.1. The number of halogens is 1. The van der Waals surface area contributed by atoms with Crippen LogP contribution in [0.1, 0.15) is 60.1 Å². The van der Waals surface area contributed by atoms with E-state index in [2.05, 4.69) is 10.3 Å². The summed E-state index contributed by atoms with van der Waals surface area (Å²) >= 11 is 0. The Morgan fingerprint density at radius 1 is 1.20 bits per heavy atom. The van der Waals surface area contributed by atoms with Crippen LogP contribution in [0.5, 0.6) is 11.5 Å². The van der Waals surface area contributed by atoms with Gasteiger partial charge in [-0.15, -0.1) is 0 Å². The van der Waals surface area contributed by atoms with Gasteiger partial charge in [0.1, 0.15) is 36.2 Å². The fourth-order valence-electron chi connectivity index (χ4n) is 4.35. The number of aromatic nitrogens is 2. The van der Waals surface area contributed by atoms with Crippen molar-refractivity contribution in [3.8, 4) is 11.5 Å². The van der Waals surface area contributed by atoms with Gasteiger partial charge in [-0.1, -0.05) is 0 Å². The van der Waals surface area contributed by atoms with Crippen molar-refractivity contribution in [2.45, 2.75) is 95.7 Å². The molecule has 45 heavy (non-hydrogen) atoms. The predicted octanol–water partition coefficient (Wildman–Crippen LogP) is 2.78. The number of hydrogen-bond donors (Lipinski definition) is 2. The summed E-state index contributed by atoms with van der Waals surface area (Å²) in [6.07, 6.45) is -1.87. The molecule has 15 nitrogen and oxygen atoms in total. The van der Waals surface area contributed by atoms with E-state index in [0.29, 0.717) is 0 Å². The SMILES string of the molecule is C[C@H](N/N=[P+](\[O-])Oc1ccc(OC[C@H]2O[C@@H](n3ccc(=O)[nH]c3=O)[C@](C)(F)[C@@H]2OC(=O)OC(C)(C)C)cc1)C(=O)OC1CCC1. The smallest absolute Gasteiger partial charge is 0.509 e. The van der Waals surface area contributed by atoms with Crippen LogP contribution in [0.25, 0.3) is 0 Å². The second-order valence-corrected chi connectivity index (χ2v) is 12.6. The Labute approximate surface area is 258 Å². The second-order valence-electron chi connectivity index (χ2n) is 11.8.